The Bertz CT molecular complexity index is 428. The fraction of sp³-hybridized carbons (Fsp3) is 0.812. The number of hydrogen-bond acceptors (Lipinski definition) is 6. The van der Waals surface area contributed by atoms with Gasteiger partial charge in [0.1, 0.15) is 0 Å². The fourth-order valence-electron chi connectivity index (χ4n) is 2.28. The second-order valence-electron chi connectivity index (χ2n) is 6.87. The van der Waals surface area contributed by atoms with E-state index in [1.165, 1.54) is 0 Å². The predicted octanol–water partition coefficient (Wildman–Crippen LogP) is 2.59. The number of carbonyl (C=O) groups excluding carboxylic acids is 3. The second-order valence-corrected chi connectivity index (χ2v) is 13.9. The number of unbranched alkanes of at least 4 members (excludes halogenated alkanes) is 1. The van der Waals surface area contributed by atoms with Crippen molar-refractivity contribution in [1.29, 1.82) is 0 Å². The molecule has 0 amide bonds. The summed E-state index contributed by atoms with van der Waals surface area (Å²) in [6.45, 7) is 2.00. The standard InChI is InChI=1S/3C4H6O2.C4H9.Sn/c3*5-4(6)3-1-2-3;1-3-4-2;/h3*3H,1-2H2,(H,5,6);1,3-4H2,2H3;/q;;;;+3/p-3. The molecule has 0 unspecified atom stereocenters. The number of carbonyl (C=O) groups is 3. The molecule has 3 fully saturated rings. The van der Waals surface area contributed by atoms with Gasteiger partial charge in [-0.25, -0.2) is 0 Å². The van der Waals surface area contributed by atoms with E-state index < -0.39 is 19.6 Å². The van der Waals surface area contributed by atoms with Crippen molar-refractivity contribution in [3.8, 4) is 0 Å². The Labute approximate surface area is 141 Å². The van der Waals surface area contributed by atoms with Crippen LogP contribution in [0.5, 0.6) is 0 Å². The first kappa shape index (κ1) is 17.0. The summed E-state index contributed by atoms with van der Waals surface area (Å²) in [5, 5.41) is 0. The fourth-order valence-corrected chi connectivity index (χ4v) is 9.80. The molecule has 0 bridgehead atoms. The van der Waals surface area contributed by atoms with Crippen molar-refractivity contribution in [1.82, 2.24) is 0 Å². The topological polar surface area (TPSA) is 78.9 Å². The Hall–Kier alpha value is -0.791. The zero-order chi connectivity index (χ0) is 16.4. The van der Waals surface area contributed by atoms with Crippen LogP contribution in [0.2, 0.25) is 4.44 Å². The molecular weight excluding hydrogens is 407 g/mol. The normalized spacial score (nSPS) is 20.7. The van der Waals surface area contributed by atoms with Crippen LogP contribution in [-0.4, -0.2) is 37.5 Å². The van der Waals surface area contributed by atoms with Gasteiger partial charge in [-0.15, -0.1) is 0 Å². The maximum absolute atomic E-state index is 12.2. The van der Waals surface area contributed by atoms with E-state index in [2.05, 4.69) is 0 Å². The van der Waals surface area contributed by atoms with E-state index in [-0.39, 0.29) is 35.7 Å². The van der Waals surface area contributed by atoms with Crippen LogP contribution in [0.3, 0.4) is 0 Å². The van der Waals surface area contributed by atoms with Crippen LogP contribution >= 0.6 is 0 Å². The molecule has 0 saturated heterocycles. The van der Waals surface area contributed by atoms with Gasteiger partial charge in [-0.1, -0.05) is 0 Å². The molecule has 0 radical (unpaired) electrons. The molecule has 0 spiro atoms. The van der Waals surface area contributed by atoms with Gasteiger partial charge in [-0.3, -0.25) is 0 Å². The molecule has 3 aliphatic carbocycles. The SMILES string of the molecule is CCC[CH2][Sn]([O]C(=O)C1CC1)([O]C(=O)C1CC1)[O]C(=O)C1CC1. The van der Waals surface area contributed by atoms with E-state index in [1.54, 1.807) is 0 Å². The summed E-state index contributed by atoms with van der Waals surface area (Å²) in [5.41, 5.74) is 0. The second kappa shape index (κ2) is 6.99. The monoisotopic (exact) mass is 432 g/mol. The third-order valence-electron chi connectivity index (χ3n) is 4.34. The summed E-state index contributed by atoms with van der Waals surface area (Å²) in [6, 6.07) is 0. The van der Waals surface area contributed by atoms with Crippen LogP contribution in [0.4, 0.5) is 0 Å². The summed E-state index contributed by atoms with van der Waals surface area (Å²) >= 11 is -4.52. The summed E-state index contributed by atoms with van der Waals surface area (Å²) in [7, 11) is 0. The Morgan fingerprint density at radius 3 is 1.39 bits per heavy atom. The first-order valence-corrected chi connectivity index (χ1v) is 14.2. The zero-order valence-electron chi connectivity index (χ0n) is 13.5. The van der Waals surface area contributed by atoms with Gasteiger partial charge in [0.25, 0.3) is 0 Å². The van der Waals surface area contributed by atoms with Crippen LogP contribution < -0.4 is 0 Å². The predicted molar refractivity (Wildman–Crippen MR) is 81.9 cm³/mol. The summed E-state index contributed by atoms with van der Waals surface area (Å²) in [5.74, 6) is -1.34. The van der Waals surface area contributed by atoms with E-state index in [1.807, 2.05) is 6.92 Å². The Kier molecular flexibility index (Phi) is 5.18. The van der Waals surface area contributed by atoms with E-state index in [0.29, 0.717) is 4.44 Å². The van der Waals surface area contributed by atoms with Crippen molar-refractivity contribution < 1.29 is 23.6 Å². The van der Waals surface area contributed by atoms with Crippen molar-refractivity contribution in [2.75, 3.05) is 0 Å². The van der Waals surface area contributed by atoms with Crippen LogP contribution in [-0.2, 0) is 23.6 Å². The molecular formula is C16H24O6Sn. The van der Waals surface area contributed by atoms with Crippen molar-refractivity contribution >= 4 is 37.5 Å². The van der Waals surface area contributed by atoms with Gasteiger partial charge in [0.15, 0.2) is 0 Å². The molecule has 0 aromatic carbocycles. The van der Waals surface area contributed by atoms with Crippen LogP contribution in [0.15, 0.2) is 0 Å². The minimum absolute atomic E-state index is 0.105. The molecule has 0 aliphatic heterocycles. The maximum atomic E-state index is 12.2. The molecule has 0 aromatic rings. The number of rotatable bonds is 9. The average Bonchev–Trinajstić information content (AvgIpc) is 3.40. The van der Waals surface area contributed by atoms with Gasteiger partial charge in [0, 0.05) is 0 Å². The molecule has 23 heavy (non-hydrogen) atoms. The first-order valence-electron chi connectivity index (χ1n) is 8.71. The molecule has 3 aliphatic rings. The van der Waals surface area contributed by atoms with E-state index in [4.69, 9.17) is 9.22 Å². The molecule has 128 valence electrons. The molecule has 3 saturated carbocycles. The molecule has 7 heteroatoms. The zero-order valence-corrected chi connectivity index (χ0v) is 16.4. The van der Waals surface area contributed by atoms with Gasteiger partial charge in [-0.05, 0) is 0 Å². The molecule has 3 rings (SSSR count). The van der Waals surface area contributed by atoms with Crippen molar-refractivity contribution in [3.63, 3.8) is 0 Å². The molecule has 0 heterocycles. The molecule has 0 N–H and O–H groups in total. The van der Waals surface area contributed by atoms with Gasteiger partial charge in [0.2, 0.25) is 0 Å². The average molecular weight is 431 g/mol. The summed E-state index contributed by atoms with van der Waals surface area (Å²) in [6.07, 6.45) is 6.43. The van der Waals surface area contributed by atoms with E-state index in [0.717, 1.165) is 51.4 Å². The summed E-state index contributed by atoms with van der Waals surface area (Å²) in [4.78, 5) is 36.5. The third kappa shape index (κ3) is 4.84. The molecule has 6 nitrogen and oxygen atoms in total. The van der Waals surface area contributed by atoms with E-state index in [9.17, 15) is 14.4 Å². The Morgan fingerprint density at radius 2 is 1.13 bits per heavy atom. The van der Waals surface area contributed by atoms with Gasteiger partial charge < -0.3 is 0 Å². The quantitative estimate of drug-likeness (QED) is 0.523. The summed E-state index contributed by atoms with van der Waals surface area (Å²) < 4.78 is 17.3. The molecule has 0 atom stereocenters. The van der Waals surface area contributed by atoms with Crippen molar-refractivity contribution in [3.05, 3.63) is 0 Å². The van der Waals surface area contributed by atoms with E-state index >= 15 is 0 Å². The van der Waals surface area contributed by atoms with Gasteiger partial charge in [-0.2, -0.15) is 0 Å². The minimum atomic E-state index is -4.52. The van der Waals surface area contributed by atoms with Crippen LogP contribution in [0, 0.1) is 17.8 Å². The van der Waals surface area contributed by atoms with Crippen molar-refractivity contribution in [2.45, 2.75) is 62.7 Å². The van der Waals surface area contributed by atoms with Crippen LogP contribution in [0.25, 0.3) is 0 Å². The number of hydrogen-bond donors (Lipinski definition) is 0. The van der Waals surface area contributed by atoms with Crippen molar-refractivity contribution in [2.24, 2.45) is 17.8 Å². The van der Waals surface area contributed by atoms with Gasteiger partial charge in [0.05, 0.1) is 0 Å². The van der Waals surface area contributed by atoms with Crippen LogP contribution in [0.1, 0.15) is 58.3 Å². The molecule has 0 aromatic heterocycles. The third-order valence-corrected chi connectivity index (χ3v) is 11.5. The first-order chi connectivity index (χ1) is 11.0. The van der Waals surface area contributed by atoms with Gasteiger partial charge >= 0.3 is 142 Å². The Balaban J connectivity index is 1.73. The Morgan fingerprint density at radius 1 is 0.783 bits per heavy atom.